The first kappa shape index (κ1) is 11.1. The molecule has 2 heterocycles. The lowest BCUT2D eigenvalue weighted by atomic mass is 10.1. The van der Waals surface area contributed by atoms with Gasteiger partial charge in [0.05, 0.1) is 0 Å². The zero-order valence-corrected chi connectivity index (χ0v) is 10.4. The first-order chi connectivity index (χ1) is 8.88. The summed E-state index contributed by atoms with van der Waals surface area (Å²) in [5, 5.41) is 9.83. The number of rotatable bonds is 2. The van der Waals surface area contributed by atoms with Crippen molar-refractivity contribution >= 4 is 5.82 Å². The second-order valence-corrected chi connectivity index (χ2v) is 4.47. The van der Waals surface area contributed by atoms with Gasteiger partial charge < -0.3 is 5.32 Å². The molecule has 0 spiro atoms. The molecule has 0 saturated heterocycles. The molecule has 6 nitrogen and oxygen atoms in total. The maximum Gasteiger partial charge on any atom is 0.199 e. The third-order valence-electron chi connectivity index (χ3n) is 3.30. The molecule has 0 radical (unpaired) electrons. The monoisotopic (exact) mass is 244 g/mol. The highest BCUT2D eigenvalue weighted by molar-refractivity contribution is 5.54. The van der Waals surface area contributed by atoms with Gasteiger partial charge in [-0.1, -0.05) is 6.42 Å². The Morgan fingerprint density at radius 3 is 2.83 bits per heavy atom. The van der Waals surface area contributed by atoms with Crippen LogP contribution >= 0.6 is 0 Å². The van der Waals surface area contributed by atoms with E-state index in [0.717, 1.165) is 24.4 Å². The number of nitrogens with zero attached hydrogens (tertiary/aromatic N) is 4. The second-order valence-electron chi connectivity index (χ2n) is 4.47. The summed E-state index contributed by atoms with van der Waals surface area (Å²) in [6.45, 7) is 0. The summed E-state index contributed by atoms with van der Waals surface area (Å²) >= 11 is 0. The standard InChI is InChI=1S/C12H16N6/c1-13-10-8-5-3-2-4-6-9(8)16-12(17-10)11-14-7-15-18-11/h7H,2-6H2,1H3,(H,13,16,17)(H,14,15,18). The summed E-state index contributed by atoms with van der Waals surface area (Å²) in [6, 6.07) is 0. The van der Waals surface area contributed by atoms with E-state index in [1.165, 1.54) is 31.2 Å². The molecule has 18 heavy (non-hydrogen) atoms. The van der Waals surface area contributed by atoms with Gasteiger partial charge in [0, 0.05) is 18.3 Å². The van der Waals surface area contributed by atoms with E-state index in [9.17, 15) is 0 Å². The fraction of sp³-hybridized carbons (Fsp3) is 0.500. The van der Waals surface area contributed by atoms with E-state index in [2.05, 4.69) is 30.5 Å². The molecule has 94 valence electrons. The van der Waals surface area contributed by atoms with Crippen LogP contribution in [0.5, 0.6) is 0 Å². The molecule has 2 aromatic rings. The molecule has 0 unspecified atom stereocenters. The number of fused-ring (bicyclic) bond motifs is 1. The fourth-order valence-electron chi connectivity index (χ4n) is 2.40. The minimum atomic E-state index is 0.623. The molecule has 6 heteroatoms. The number of aryl methyl sites for hydroxylation is 1. The highest BCUT2D eigenvalue weighted by Gasteiger charge is 2.17. The lowest BCUT2D eigenvalue weighted by Crippen LogP contribution is -2.07. The molecule has 0 aliphatic heterocycles. The van der Waals surface area contributed by atoms with E-state index in [-0.39, 0.29) is 0 Å². The summed E-state index contributed by atoms with van der Waals surface area (Å²) in [6.07, 6.45) is 7.23. The number of aromatic nitrogens is 5. The Bertz CT molecular complexity index is 534. The highest BCUT2D eigenvalue weighted by atomic mass is 15.2. The number of hydrogen-bond acceptors (Lipinski definition) is 5. The average molecular weight is 244 g/mol. The van der Waals surface area contributed by atoms with Gasteiger partial charge in [0.2, 0.25) is 0 Å². The smallest absolute Gasteiger partial charge is 0.199 e. The fourth-order valence-corrected chi connectivity index (χ4v) is 2.40. The zero-order chi connectivity index (χ0) is 12.4. The zero-order valence-electron chi connectivity index (χ0n) is 10.4. The van der Waals surface area contributed by atoms with Crippen molar-refractivity contribution in [3.8, 4) is 11.6 Å². The van der Waals surface area contributed by atoms with E-state index in [1.807, 2.05) is 7.05 Å². The van der Waals surface area contributed by atoms with Crippen molar-refractivity contribution in [3.63, 3.8) is 0 Å². The molecule has 0 aromatic carbocycles. The molecule has 0 amide bonds. The predicted octanol–water partition coefficient (Wildman–Crippen LogP) is 1.57. The van der Waals surface area contributed by atoms with Crippen LogP contribution in [0.1, 0.15) is 30.5 Å². The van der Waals surface area contributed by atoms with Gasteiger partial charge in [0.15, 0.2) is 11.6 Å². The third-order valence-corrected chi connectivity index (χ3v) is 3.30. The molecule has 1 aliphatic rings. The third kappa shape index (κ3) is 1.94. The van der Waals surface area contributed by atoms with Crippen LogP contribution < -0.4 is 5.32 Å². The SMILES string of the molecule is CNc1nc(-c2ncn[nH]2)nc2c1CCCCC2. The van der Waals surface area contributed by atoms with Crippen molar-refractivity contribution in [2.75, 3.05) is 12.4 Å². The first-order valence-corrected chi connectivity index (χ1v) is 6.32. The molecule has 0 bridgehead atoms. The molecule has 0 saturated carbocycles. The van der Waals surface area contributed by atoms with E-state index in [0.29, 0.717) is 11.6 Å². The van der Waals surface area contributed by atoms with E-state index in [1.54, 1.807) is 0 Å². The topological polar surface area (TPSA) is 79.4 Å². The van der Waals surface area contributed by atoms with Crippen LogP contribution in [0.2, 0.25) is 0 Å². The van der Waals surface area contributed by atoms with Gasteiger partial charge in [-0.25, -0.2) is 15.0 Å². The molecule has 0 fully saturated rings. The van der Waals surface area contributed by atoms with Gasteiger partial charge >= 0.3 is 0 Å². The molecule has 2 aromatic heterocycles. The van der Waals surface area contributed by atoms with Crippen molar-refractivity contribution in [1.82, 2.24) is 25.1 Å². The molecule has 0 atom stereocenters. The van der Waals surface area contributed by atoms with Gasteiger partial charge in [-0.05, 0) is 25.7 Å². The Morgan fingerprint density at radius 2 is 2.06 bits per heavy atom. The van der Waals surface area contributed by atoms with Gasteiger partial charge in [-0.15, -0.1) is 0 Å². The van der Waals surface area contributed by atoms with Gasteiger partial charge in [-0.2, -0.15) is 5.10 Å². The van der Waals surface area contributed by atoms with Gasteiger partial charge in [-0.3, -0.25) is 5.10 Å². The van der Waals surface area contributed by atoms with Crippen LogP contribution in [0.4, 0.5) is 5.82 Å². The Morgan fingerprint density at radius 1 is 1.17 bits per heavy atom. The van der Waals surface area contributed by atoms with Crippen molar-refractivity contribution < 1.29 is 0 Å². The van der Waals surface area contributed by atoms with Crippen LogP contribution in [-0.2, 0) is 12.8 Å². The quantitative estimate of drug-likeness (QED) is 0.784. The van der Waals surface area contributed by atoms with Crippen LogP contribution in [0.25, 0.3) is 11.6 Å². The molecule has 2 N–H and O–H groups in total. The maximum absolute atomic E-state index is 4.64. The summed E-state index contributed by atoms with van der Waals surface area (Å²) < 4.78 is 0. The van der Waals surface area contributed by atoms with Crippen molar-refractivity contribution in [2.24, 2.45) is 0 Å². The van der Waals surface area contributed by atoms with Crippen molar-refractivity contribution in [2.45, 2.75) is 32.1 Å². The van der Waals surface area contributed by atoms with E-state index < -0.39 is 0 Å². The first-order valence-electron chi connectivity index (χ1n) is 6.32. The number of aromatic amines is 1. The number of hydrogen-bond donors (Lipinski definition) is 2. The lowest BCUT2D eigenvalue weighted by molar-refractivity contribution is 0.709. The molecule has 1 aliphatic carbocycles. The molecular formula is C12H16N6. The van der Waals surface area contributed by atoms with Crippen LogP contribution in [0.15, 0.2) is 6.33 Å². The van der Waals surface area contributed by atoms with Crippen LogP contribution in [0, 0.1) is 0 Å². The summed E-state index contributed by atoms with van der Waals surface area (Å²) in [7, 11) is 1.90. The minimum absolute atomic E-state index is 0.623. The number of nitrogens with one attached hydrogen (secondary N) is 2. The number of H-pyrrole nitrogens is 1. The van der Waals surface area contributed by atoms with E-state index >= 15 is 0 Å². The second kappa shape index (κ2) is 4.72. The van der Waals surface area contributed by atoms with Crippen molar-refractivity contribution in [1.29, 1.82) is 0 Å². The van der Waals surface area contributed by atoms with Crippen LogP contribution in [0.3, 0.4) is 0 Å². The Labute approximate surface area is 105 Å². The van der Waals surface area contributed by atoms with Crippen LogP contribution in [-0.4, -0.2) is 32.2 Å². The summed E-state index contributed by atoms with van der Waals surface area (Å²) in [5.74, 6) is 2.17. The Kier molecular flexibility index (Phi) is 2.92. The highest BCUT2D eigenvalue weighted by Crippen LogP contribution is 2.26. The van der Waals surface area contributed by atoms with Crippen molar-refractivity contribution in [3.05, 3.63) is 17.6 Å². The summed E-state index contributed by atoms with van der Waals surface area (Å²) in [4.78, 5) is 13.3. The largest absolute Gasteiger partial charge is 0.373 e. The predicted molar refractivity (Wildman–Crippen MR) is 68.2 cm³/mol. The number of anilines is 1. The molecular weight excluding hydrogens is 228 g/mol. The molecule has 3 rings (SSSR count). The Hall–Kier alpha value is -1.98. The van der Waals surface area contributed by atoms with Gasteiger partial charge in [0.1, 0.15) is 12.1 Å². The lowest BCUT2D eigenvalue weighted by Gasteiger charge is -2.11. The maximum atomic E-state index is 4.64. The van der Waals surface area contributed by atoms with E-state index in [4.69, 9.17) is 0 Å². The minimum Gasteiger partial charge on any atom is -0.373 e. The summed E-state index contributed by atoms with van der Waals surface area (Å²) in [5.41, 5.74) is 2.41. The van der Waals surface area contributed by atoms with Gasteiger partial charge in [0.25, 0.3) is 0 Å². The normalized spacial score (nSPS) is 14.9. The average Bonchev–Trinajstić information content (AvgIpc) is 2.83. The Balaban J connectivity index is 2.10.